The van der Waals surface area contributed by atoms with Crippen LogP contribution in [0.1, 0.15) is 30.4 Å². The third-order valence-corrected chi connectivity index (χ3v) is 3.64. The molecule has 0 atom stereocenters. The smallest absolute Gasteiger partial charge is 0.409 e. The lowest BCUT2D eigenvalue weighted by atomic mass is 10.2. The average Bonchev–Trinajstić information content (AvgIpc) is 2.88. The number of hydrogen-bond acceptors (Lipinski definition) is 4. The summed E-state index contributed by atoms with van der Waals surface area (Å²) in [6.07, 6.45) is 1.43. The largest absolute Gasteiger partial charge is 0.453 e. The maximum absolute atomic E-state index is 12.6. The number of rotatable bonds is 2. The molecule has 0 radical (unpaired) electrons. The second kappa shape index (κ2) is 6.07. The van der Waals surface area contributed by atoms with Gasteiger partial charge < -0.3 is 24.8 Å². The number of nitrogens with zero attached hydrogens (tertiary/aromatic N) is 3. The van der Waals surface area contributed by atoms with Gasteiger partial charge in [-0.05, 0) is 19.9 Å². The number of nitrogen functional groups attached to an aromatic ring is 1. The van der Waals surface area contributed by atoms with Gasteiger partial charge in [0.25, 0.3) is 5.91 Å². The Bertz CT molecular complexity index is 530. The number of nitrogens with two attached hydrogens (primary N) is 1. The van der Waals surface area contributed by atoms with E-state index in [1.54, 1.807) is 22.1 Å². The molecule has 21 heavy (non-hydrogen) atoms. The van der Waals surface area contributed by atoms with Crippen LogP contribution >= 0.6 is 0 Å². The number of piperazine rings is 1. The highest BCUT2D eigenvalue weighted by molar-refractivity contribution is 5.94. The number of anilines is 1. The van der Waals surface area contributed by atoms with E-state index in [1.165, 1.54) is 7.11 Å². The molecule has 1 fully saturated rings. The minimum Gasteiger partial charge on any atom is -0.453 e. The van der Waals surface area contributed by atoms with Gasteiger partial charge in [-0.1, -0.05) is 0 Å². The molecule has 1 saturated heterocycles. The lowest BCUT2D eigenvalue weighted by Crippen LogP contribution is -2.50. The van der Waals surface area contributed by atoms with Crippen LogP contribution in [0.15, 0.2) is 12.3 Å². The molecule has 116 valence electrons. The number of methoxy groups -OCH3 is 1. The summed E-state index contributed by atoms with van der Waals surface area (Å²) in [4.78, 5) is 27.4. The summed E-state index contributed by atoms with van der Waals surface area (Å²) in [7, 11) is 1.36. The SMILES string of the molecule is COC(=O)N1CCN(C(=O)c2cc(N)cn2C(C)C)CC1. The fourth-order valence-electron chi connectivity index (χ4n) is 2.48. The highest BCUT2D eigenvalue weighted by Crippen LogP contribution is 2.19. The Labute approximate surface area is 124 Å². The molecular formula is C14H22N4O3. The van der Waals surface area contributed by atoms with Gasteiger partial charge in [-0.3, -0.25) is 4.79 Å². The van der Waals surface area contributed by atoms with Gasteiger partial charge >= 0.3 is 6.09 Å². The van der Waals surface area contributed by atoms with E-state index in [-0.39, 0.29) is 18.0 Å². The Kier molecular flexibility index (Phi) is 4.40. The van der Waals surface area contributed by atoms with Crippen molar-refractivity contribution < 1.29 is 14.3 Å². The number of aromatic nitrogens is 1. The highest BCUT2D eigenvalue weighted by Gasteiger charge is 2.27. The number of amides is 2. The van der Waals surface area contributed by atoms with Crippen LogP contribution in [0.2, 0.25) is 0 Å². The summed E-state index contributed by atoms with van der Waals surface area (Å²) < 4.78 is 6.57. The molecule has 0 unspecified atom stereocenters. The quantitative estimate of drug-likeness (QED) is 0.888. The molecule has 0 aromatic carbocycles. The van der Waals surface area contributed by atoms with E-state index >= 15 is 0 Å². The zero-order valence-corrected chi connectivity index (χ0v) is 12.7. The first-order valence-corrected chi connectivity index (χ1v) is 7.03. The van der Waals surface area contributed by atoms with Crippen molar-refractivity contribution in [3.05, 3.63) is 18.0 Å². The topological polar surface area (TPSA) is 80.8 Å². The Morgan fingerprint density at radius 1 is 1.19 bits per heavy atom. The van der Waals surface area contributed by atoms with E-state index in [4.69, 9.17) is 5.73 Å². The van der Waals surface area contributed by atoms with E-state index < -0.39 is 0 Å². The van der Waals surface area contributed by atoms with Crippen molar-refractivity contribution in [2.75, 3.05) is 39.0 Å². The van der Waals surface area contributed by atoms with Crippen LogP contribution in [0.3, 0.4) is 0 Å². The van der Waals surface area contributed by atoms with Crippen LogP contribution in [-0.4, -0.2) is 59.7 Å². The normalized spacial score (nSPS) is 15.4. The molecule has 1 aromatic rings. The molecule has 2 rings (SSSR count). The van der Waals surface area contributed by atoms with Crippen LogP contribution in [0.4, 0.5) is 10.5 Å². The number of carbonyl (C=O) groups excluding carboxylic acids is 2. The van der Waals surface area contributed by atoms with Gasteiger partial charge in [-0.2, -0.15) is 0 Å². The summed E-state index contributed by atoms with van der Waals surface area (Å²) in [5.41, 5.74) is 6.98. The van der Waals surface area contributed by atoms with Crippen molar-refractivity contribution in [3.63, 3.8) is 0 Å². The maximum Gasteiger partial charge on any atom is 0.409 e. The standard InChI is InChI=1S/C14H22N4O3/c1-10(2)18-9-11(15)8-12(18)13(19)16-4-6-17(7-5-16)14(20)21-3/h8-10H,4-7,15H2,1-3H3. The van der Waals surface area contributed by atoms with E-state index in [2.05, 4.69) is 4.74 Å². The third kappa shape index (κ3) is 3.12. The zero-order chi connectivity index (χ0) is 15.6. The third-order valence-electron chi connectivity index (χ3n) is 3.64. The molecule has 7 nitrogen and oxygen atoms in total. The van der Waals surface area contributed by atoms with Gasteiger partial charge in [0.1, 0.15) is 5.69 Å². The molecule has 2 heterocycles. The average molecular weight is 294 g/mol. The van der Waals surface area contributed by atoms with Crippen LogP contribution in [0, 0.1) is 0 Å². The van der Waals surface area contributed by atoms with Crippen molar-refractivity contribution in [3.8, 4) is 0 Å². The predicted molar refractivity (Wildman–Crippen MR) is 79.1 cm³/mol. The van der Waals surface area contributed by atoms with Crippen LogP contribution < -0.4 is 5.73 Å². The van der Waals surface area contributed by atoms with Crippen LogP contribution in [0.5, 0.6) is 0 Å². The van der Waals surface area contributed by atoms with Crippen molar-refractivity contribution in [2.24, 2.45) is 0 Å². The molecule has 0 aliphatic carbocycles. The summed E-state index contributed by atoms with van der Waals surface area (Å²) in [6, 6.07) is 1.87. The second-order valence-corrected chi connectivity index (χ2v) is 5.41. The molecule has 1 aliphatic heterocycles. The molecule has 0 bridgehead atoms. The molecule has 1 aliphatic rings. The van der Waals surface area contributed by atoms with Gasteiger partial charge in [-0.15, -0.1) is 0 Å². The molecule has 7 heteroatoms. The molecule has 2 amide bonds. The lowest BCUT2D eigenvalue weighted by molar-refractivity contribution is 0.0589. The van der Waals surface area contributed by atoms with E-state index in [9.17, 15) is 9.59 Å². The van der Waals surface area contributed by atoms with Gasteiger partial charge in [0.15, 0.2) is 0 Å². The van der Waals surface area contributed by atoms with E-state index in [1.807, 2.05) is 18.4 Å². The highest BCUT2D eigenvalue weighted by atomic mass is 16.5. The Morgan fingerprint density at radius 3 is 2.29 bits per heavy atom. The first kappa shape index (κ1) is 15.2. The Morgan fingerprint density at radius 2 is 1.76 bits per heavy atom. The minimum absolute atomic E-state index is 0.0510. The summed E-state index contributed by atoms with van der Waals surface area (Å²) >= 11 is 0. The van der Waals surface area contributed by atoms with Gasteiger partial charge in [0.05, 0.1) is 12.8 Å². The number of carbonyl (C=O) groups is 2. The first-order valence-electron chi connectivity index (χ1n) is 7.03. The van der Waals surface area contributed by atoms with Crippen molar-refractivity contribution in [1.82, 2.24) is 14.4 Å². The maximum atomic E-state index is 12.6. The van der Waals surface area contributed by atoms with Crippen molar-refractivity contribution >= 4 is 17.7 Å². The monoisotopic (exact) mass is 294 g/mol. The van der Waals surface area contributed by atoms with Crippen molar-refractivity contribution in [1.29, 1.82) is 0 Å². The van der Waals surface area contributed by atoms with Gasteiger partial charge in [0, 0.05) is 38.4 Å². The van der Waals surface area contributed by atoms with Gasteiger partial charge in [-0.25, -0.2) is 4.79 Å². The zero-order valence-electron chi connectivity index (χ0n) is 12.7. The van der Waals surface area contributed by atoms with Gasteiger partial charge in [0.2, 0.25) is 0 Å². The van der Waals surface area contributed by atoms with Crippen LogP contribution in [-0.2, 0) is 4.74 Å². The number of ether oxygens (including phenoxy) is 1. The molecule has 1 aromatic heterocycles. The van der Waals surface area contributed by atoms with Crippen LogP contribution in [0.25, 0.3) is 0 Å². The molecule has 0 saturated carbocycles. The van der Waals surface area contributed by atoms with Crippen molar-refractivity contribution in [2.45, 2.75) is 19.9 Å². The molecular weight excluding hydrogens is 272 g/mol. The predicted octanol–water partition coefficient (Wildman–Crippen LogP) is 1.18. The lowest BCUT2D eigenvalue weighted by Gasteiger charge is -2.34. The molecule has 0 spiro atoms. The first-order chi connectivity index (χ1) is 9.93. The van der Waals surface area contributed by atoms with E-state index in [0.717, 1.165) is 0 Å². The number of hydrogen-bond donors (Lipinski definition) is 1. The minimum atomic E-state index is -0.350. The summed E-state index contributed by atoms with van der Waals surface area (Å²) in [5.74, 6) is -0.0510. The van der Waals surface area contributed by atoms with E-state index in [0.29, 0.717) is 37.6 Å². The fraction of sp³-hybridized carbons (Fsp3) is 0.571. The Balaban J connectivity index is 2.07. The molecule has 2 N–H and O–H groups in total. The second-order valence-electron chi connectivity index (χ2n) is 5.41. The fourth-order valence-corrected chi connectivity index (χ4v) is 2.48. The summed E-state index contributed by atoms with van der Waals surface area (Å²) in [5, 5.41) is 0. The Hall–Kier alpha value is -2.18. The summed E-state index contributed by atoms with van der Waals surface area (Å²) in [6.45, 7) is 5.97.